The van der Waals surface area contributed by atoms with Crippen LogP contribution >= 0.6 is 11.6 Å². The number of benzene rings is 2. The molecule has 5 heteroatoms. The van der Waals surface area contributed by atoms with Crippen molar-refractivity contribution in [1.82, 2.24) is 0 Å². The summed E-state index contributed by atoms with van der Waals surface area (Å²) in [6, 6.07) is 10.6. The third-order valence-electron chi connectivity index (χ3n) is 3.62. The van der Waals surface area contributed by atoms with Crippen LogP contribution in [0.1, 0.15) is 5.56 Å². The second-order valence-electron chi connectivity index (χ2n) is 5.14. The number of rotatable bonds is 3. The smallest absolute Gasteiger partial charge is 0.235 e. The molecule has 0 radical (unpaired) electrons. The van der Waals surface area contributed by atoms with Crippen molar-refractivity contribution in [3.63, 3.8) is 0 Å². The number of fused-ring (bicyclic) bond motifs is 1. The average Bonchev–Trinajstić information content (AvgIpc) is 2.55. The Morgan fingerprint density at radius 3 is 2.48 bits per heavy atom. The maximum atomic E-state index is 12.7. The van der Waals surface area contributed by atoms with Gasteiger partial charge in [0.2, 0.25) is 11.2 Å². The quantitative estimate of drug-likeness (QED) is 0.712. The predicted octanol–water partition coefficient (Wildman–Crippen LogP) is 4.44. The van der Waals surface area contributed by atoms with Gasteiger partial charge in [0.15, 0.2) is 5.76 Å². The first-order valence-electron chi connectivity index (χ1n) is 7.00. The second-order valence-corrected chi connectivity index (χ2v) is 5.55. The molecule has 0 bridgehead atoms. The third kappa shape index (κ3) is 2.66. The van der Waals surface area contributed by atoms with Crippen LogP contribution in [0.4, 0.5) is 0 Å². The first-order valence-corrected chi connectivity index (χ1v) is 7.38. The van der Waals surface area contributed by atoms with Gasteiger partial charge < -0.3 is 13.9 Å². The number of hydrogen-bond acceptors (Lipinski definition) is 4. The number of halogens is 1. The maximum Gasteiger partial charge on any atom is 0.235 e. The number of hydrogen-bond donors (Lipinski definition) is 0. The lowest BCUT2D eigenvalue weighted by molar-refractivity contribution is 0.398. The third-order valence-corrected chi connectivity index (χ3v) is 3.92. The molecule has 2 aromatic carbocycles. The fourth-order valence-electron chi connectivity index (χ4n) is 2.48. The first kappa shape index (κ1) is 15.4. The summed E-state index contributed by atoms with van der Waals surface area (Å²) in [4.78, 5) is 12.7. The van der Waals surface area contributed by atoms with E-state index in [1.165, 1.54) is 7.11 Å². The highest BCUT2D eigenvalue weighted by Gasteiger charge is 2.18. The Labute approximate surface area is 138 Å². The Morgan fingerprint density at radius 2 is 1.83 bits per heavy atom. The normalized spacial score (nSPS) is 10.8. The van der Waals surface area contributed by atoms with Crippen LogP contribution in [0.3, 0.4) is 0 Å². The molecule has 0 saturated heterocycles. The summed E-state index contributed by atoms with van der Waals surface area (Å²) in [5.74, 6) is 1.05. The molecular weight excluding hydrogens is 316 g/mol. The maximum absolute atomic E-state index is 12.7. The Balaban J connectivity index is 2.31. The van der Waals surface area contributed by atoms with Gasteiger partial charge in [-0.3, -0.25) is 4.79 Å². The summed E-state index contributed by atoms with van der Waals surface area (Å²) < 4.78 is 16.3. The summed E-state index contributed by atoms with van der Waals surface area (Å²) in [5, 5.41) is 0.920. The van der Waals surface area contributed by atoms with Crippen LogP contribution in [-0.4, -0.2) is 14.2 Å². The molecule has 0 atom stereocenters. The molecule has 0 aliphatic rings. The van der Waals surface area contributed by atoms with E-state index >= 15 is 0 Å². The monoisotopic (exact) mass is 330 g/mol. The first-order chi connectivity index (χ1) is 11.0. The van der Waals surface area contributed by atoms with Crippen molar-refractivity contribution >= 4 is 22.6 Å². The molecule has 0 unspecified atom stereocenters. The van der Waals surface area contributed by atoms with Crippen molar-refractivity contribution in [2.45, 2.75) is 6.92 Å². The zero-order valence-corrected chi connectivity index (χ0v) is 13.7. The van der Waals surface area contributed by atoms with E-state index in [9.17, 15) is 4.79 Å². The lowest BCUT2D eigenvalue weighted by atomic mass is 10.1. The molecule has 0 saturated carbocycles. The van der Waals surface area contributed by atoms with Crippen LogP contribution in [0.5, 0.6) is 11.5 Å². The van der Waals surface area contributed by atoms with E-state index in [2.05, 4.69) is 0 Å². The molecule has 0 aliphatic heterocycles. The zero-order chi connectivity index (χ0) is 16.6. The standard InChI is InChI=1S/C18H15ClO4/c1-10-4-6-14-12(8-10)16(20)18(22-3)17(23-14)11-5-7-15(21-2)13(19)9-11/h4-9H,1-3H3. The van der Waals surface area contributed by atoms with Gasteiger partial charge >= 0.3 is 0 Å². The summed E-state index contributed by atoms with van der Waals surface area (Å²) in [7, 11) is 2.99. The molecule has 1 heterocycles. The van der Waals surface area contributed by atoms with Crippen LogP contribution in [0, 0.1) is 6.92 Å². The van der Waals surface area contributed by atoms with Crippen molar-refractivity contribution in [2.24, 2.45) is 0 Å². The van der Waals surface area contributed by atoms with Crippen LogP contribution < -0.4 is 14.9 Å². The van der Waals surface area contributed by atoms with E-state index in [-0.39, 0.29) is 11.2 Å². The van der Waals surface area contributed by atoms with Gasteiger partial charge in [-0.1, -0.05) is 23.2 Å². The van der Waals surface area contributed by atoms with Gasteiger partial charge in [0.25, 0.3) is 0 Å². The van der Waals surface area contributed by atoms with E-state index < -0.39 is 0 Å². The molecule has 3 aromatic rings. The van der Waals surface area contributed by atoms with Gasteiger partial charge in [-0.25, -0.2) is 0 Å². The van der Waals surface area contributed by atoms with Gasteiger partial charge in [0.1, 0.15) is 11.3 Å². The summed E-state index contributed by atoms with van der Waals surface area (Å²) in [6.07, 6.45) is 0. The Bertz CT molecular complexity index is 944. The lowest BCUT2D eigenvalue weighted by Gasteiger charge is -2.10. The van der Waals surface area contributed by atoms with Gasteiger partial charge in [0.05, 0.1) is 24.6 Å². The van der Waals surface area contributed by atoms with Gasteiger partial charge in [-0.2, -0.15) is 0 Å². The Kier molecular flexibility index (Phi) is 4.01. The van der Waals surface area contributed by atoms with Crippen LogP contribution in [0.2, 0.25) is 5.02 Å². The molecule has 23 heavy (non-hydrogen) atoms. The van der Waals surface area contributed by atoms with Gasteiger partial charge in [0, 0.05) is 5.56 Å². The van der Waals surface area contributed by atoms with Crippen molar-refractivity contribution in [2.75, 3.05) is 14.2 Å². The molecule has 3 rings (SSSR count). The van der Waals surface area contributed by atoms with Crippen molar-refractivity contribution in [3.8, 4) is 22.8 Å². The topological polar surface area (TPSA) is 48.7 Å². The van der Waals surface area contributed by atoms with E-state index in [0.29, 0.717) is 33.1 Å². The Hall–Kier alpha value is -2.46. The van der Waals surface area contributed by atoms with Gasteiger partial charge in [-0.05, 0) is 37.3 Å². The van der Waals surface area contributed by atoms with E-state index in [1.54, 1.807) is 37.4 Å². The van der Waals surface area contributed by atoms with Gasteiger partial charge in [-0.15, -0.1) is 0 Å². The highest BCUT2D eigenvalue weighted by molar-refractivity contribution is 6.32. The van der Waals surface area contributed by atoms with Crippen molar-refractivity contribution < 1.29 is 13.9 Å². The van der Waals surface area contributed by atoms with E-state index in [1.807, 2.05) is 13.0 Å². The summed E-state index contributed by atoms with van der Waals surface area (Å²) in [5.41, 5.74) is 1.92. The molecule has 0 amide bonds. The fraction of sp³-hybridized carbons (Fsp3) is 0.167. The van der Waals surface area contributed by atoms with Crippen LogP contribution in [0.15, 0.2) is 45.6 Å². The molecule has 4 nitrogen and oxygen atoms in total. The van der Waals surface area contributed by atoms with Crippen LogP contribution in [-0.2, 0) is 0 Å². The molecule has 0 aliphatic carbocycles. The number of aryl methyl sites for hydroxylation is 1. The highest BCUT2D eigenvalue weighted by Crippen LogP contribution is 2.35. The number of ether oxygens (including phenoxy) is 2. The minimum absolute atomic E-state index is 0.157. The number of methoxy groups -OCH3 is 2. The molecule has 0 spiro atoms. The zero-order valence-electron chi connectivity index (χ0n) is 13.0. The predicted molar refractivity (Wildman–Crippen MR) is 90.8 cm³/mol. The second kappa shape index (κ2) is 5.97. The molecule has 0 N–H and O–H groups in total. The minimum atomic E-state index is -0.209. The highest BCUT2D eigenvalue weighted by atomic mass is 35.5. The fourth-order valence-corrected chi connectivity index (χ4v) is 2.73. The molecule has 118 valence electrons. The molecule has 1 aromatic heterocycles. The lowest BCUT2D eigenvalue weighted by Crippen LogP contribution is -2.07. The van der Waals surface area contributed by atoms with Crippen LogP contribution in [0.25, 0.3) is 22.3 Å². The summed E-state index contributed by atoms with van der Waals surface area (Å²) >= 11 is 6.17. The molecule has 0 fully saturated rings. The Morgan fingerprint density at radius 1 is 1.04 bits per heavy atom. The minimum Gasteiger partial charge on any atom is -0.495 e. The largest absolute Gasteiger partial charge is 0.495 e. The summed E-state index contributed by atoms with van der Waals surface area (Å²) in [6.45, 7) is 1.92. The van der Waals surface area contributed by atoms with Crippen molar-refractivity contribution in [3.05, 3.63) is 57.2 Å². The SMILES string of the molecule is COc1ccc(-c2oc3ccc(C)cc3c(=O)c2OC)cc1Cl. The van der Waals surface area contributed by atoms with E-state index in [4.69, 9.17) is 25.5 Å². The molecular formula is C18H15ClO4. The van der Waals surface area contributed by atoms with Crippen molar-refractivity contribution in [1.29, 1.82) is 0 Å². The van der Waals surface area contributed by atoms with E-state index in [0.717, 1.165) is 5.56 Å². The average molecular weight is 331 g/mol.